The van der Waals surface area contributed by atoms with E-state index in [0.29, 0.717) is 26.1 Å². The number of amides is 1. The number of aryl methyl sites for hydroxylation is 2. The molecule has 3 aromatic rings. The molecule has 0 fully saturated rings. The van der Waals surface area contributed by atoms with Crippen LogP contribution in [0.25, 0.3) is 0 Å². The van der Waals surface area contributed by atoms with Crippen LogP contribution in [0, 0.1) is 20.8 Å². The summed E-state index contributed by atoms with van der Waals surface area (Å²) >= 11 is 0. The average Bonchev–Trinajstić information content (AvgIpc) is 3.21. The van der Waals surface area contributed by atoms with E-state index in [4.69, 9.17) is 5.10 Å². The summed E-state index contributed by atoms with van der Waals surface area (Å²) in [7, 11) is 0. The van der Waals surface area contributed by atoms with E-state index in [2.05, 4.69) is 49.3 Å². The molecule has 146 valence electrons. The fourth-order valence-electron chi connectivity index (χ4n) is 3.79. The first kappa shape index (κ1) is 18.5. The average molecular weight is 377 g/mol. The number of benzene rings is 1. The van der Waals surface area contributed by atoms with E-state index in [1.54, 1.807) is 0 Å². The van der Waals surface area contributed by atoms with Crippen LogP contribution in [0.3, 0.4) is 0 Å². The minimum Gasteiger partial charge on any atom is -0.335 e. The quantitative estimate of drug-likeness (QED) is 0.687. The predicted molar refractivity (Wildman–Crippen MR) is 108 cm³/mol. The molecule has 2 aromatic heterocycles. The summed E-state index contributed by atoms with van der Waals surface area (Å²) in [4.78, 5) is 14.7. The third-order valence-electron chi connectivity index (χ3n) is 5.71. The molecule has 28 heavy (non-hydrogen) atoms. The van der Waals surface area contributed by atoms with Crippen LogP contribution in [0.5, 0.6) is 0 Å². The Kier molecular flexibility index (Phi) is 5.03. The highest BCUT2D eigenvalue weighted by molar-refractivity contribution is 5.76. The van der Waals surface area contributed by atoms with Gasteiger partial charge in [0.05, 0.1) is 30.2 Å². The van der Waals surface area contributed by atoms with Crippen molar-refractivity contribution < 1.29 is 4.79 Å². The summed E-state index contributed by atoms with van der Waals surface area (Å²) in [5, 5.41) is 9.26. The van der Waals surface area contributed by atoms with Crippen LogP contribution in [0.1, 0.15) is 40.3 Å². The van der Waals surface area contributed by atoms with E-state index in [0.717, 1.165) is 35.7 Å². The van der Waals surface area contributed by atoms with Crippen LogP contribution in [0.4, 0.5) is 0 Å². The summed E-state index contributed by atoms with van der Waals surface area (Å²) in [5.74, 6) is 0.183. The second-order valence-corrected chi connectivity index (χ2v) is 7.60. The number of fused-ring (bicyclic) bond motifs is 1. The van der Waals surface area contributed by atoms with Crippen LogP contribution in [0.15, 0.2) is 36.4 Å². The molecule has 0 saturated carbocycles. The van der Waals surface area contributed by atoms with Crippen LogP contribution in [-0.2, 0) is 30.8 Å². The molecule has 1 aliphatic heterocycles. The van der Waals surface area contributed by atoms with Crippen molar-refractivity contribution in [2.45, 2.75) is 53.2 Å². The Balaban J connectivity index is 1.38. The lowest BCUT2D eigenvalue weighted by molar-refractivity contribution is -0.133. The smallest absolute Gasteiger partial charge is 0.224 e. The highest BCUT2D eigenvalue weighted by Crippen LogP contribution is 2.18. The first-order valence-corrected chi connectivity index (χ1v) is 9.89. The Labute approximate surface area is 165 Å². The molecule has 6 heteroatoms. The van der Waals surface area contributed by atoms with Crippen molar-refractivity contribution in [1.29, 1.82) is 0 Å². The molecule has 0 unspecified atom stereocenters. The van der Waals surface area contributed by atoms with E-state index in [9.17, 15) is 4.79 Å². The maximum atomic E-state index is 12.7. The van der Waals surface area contributed by atoms with Crippen molar-refractivity contribution in [2.24, 2.45) is 0 Å². The van der Waals surface area contributed by atoms with Gasteiger partial charge in [-0.1, -0.05) is 30.3 Å². The van der Waals surface area contributed by atoms with Crippen molar-refractivity contribution in [1.82, 2.24) is 24.5 Å². The van der Waals surface area contributed by atoms with Gasteiger partial charge in [0.2, 0.25) is 5.91 Å². The van der Waals surface area contributed by atoms with E-state index in [-0.39, 0.29) is 5.91 Å². The molecule has 0 N–H and O–H groups in total. The van der Waals surface area contributed by atoms with Gasteiger partial charge in [-0.3, -0.25) is 14.2 Å². The zero-order chi connectivity index (χ0) is 19.7. The molecule has 6 nitrogen and oxygen atoms in total. The summed E-state index contributed by atoms with van der Waals surface area (Å²) in [6.45, 7) is 8.90. The van der Waals surface area contributed by atoms with Crippen molar-refractivity contribution in [3.05, 3.63) is 70.3 Å². The number of carbonyl (C=O) groups excluding carboxylic acids is 1. The van der Waals surface area contributed by atoms with Gasteiger partial charge in [0, 0.05) is 31.6 Å². The van der Waals surface area contributed by atoms with Gasteiger partial charge in [-0.15, -0.1) is 0 Å². The molecule has 0 radical (unpaired) electrons. The molecule has 0 spiro atoms. The molecule has 1 amide bonds. The lowest BCUT2D eigenvalue weighted by Crippen LogP contribution is -2.38. The van der Waals surface area contributed by atoms with Gasteiger partial charge in [0.25, 0.3) is 0 Å². The zero-order valence-electron chi connectivity index (χ0n) is 16.9. The van der Waals surface area contributed by atoms with Gasteiger partial charge in [-0.25, -0.2) is 0 Å². The first-order valence-electron chi connectivity index (χ1n) is 9.89. The molecule has 0 atom stereocenters. The van der Waals surface area contributed by atoms with Crippen LogP contribution < -0.4 is 0 Å². The highest BCUT2D eigenvalue weighted by atomic mass is 16.2. The first-order chi connectivity index (χ1) is 13.5. The van der Waals surface area contributed by atoms with E-state index in [1.165, 1.54) is 11.1 Å². The number of hydrogen-bond donors (Lipinski definition) is 0. The van der Waals surface area contributed by atoms with Crippen LogP contribution in [0.2, 0.25) is 0 Å². The van der Waals surface area contributed by atoms with Crippen molar-refractivity contribution >= 4 is 5.91 Å². The molecule has 1 aliphatic rings. The number of aromatic nitrogens is 4. The standard InChI is InChI=1S/C22H27N5O/c1-16-17(2)23-26(18(16)3)10-9-22(28)25-11-12-27-21(15-25)14-20(24-27)13-19-7-5-4-6-8-19/h4-8,14H,9-13,15H2,1-3H3. The summed E-state index contributed by atoms with van der Waals surface area (Å²) in [5.41, 5.74) is 6.83. The molecular formula is C22H27N5O. The van der Waals surface area contributed by atoms with Crippen LogP contribution >= 0.6 is 0 Å². The number of hydrogen-bond acceptors (Lipinski definition) is 3. The fourth-order valence-corrected chi connectivity index (χ4v) is 3.79. The minimum atomic E-state index is 0.183. The topological polar surface area (TPSA) is 56.0 Å². The van der Waals surface area contributed by atoms with Crippen molar-refractivity contribution in [2.75, 3.05) is 6.54 Å². The van der Waals surface area contributed by atoms with E-state index in [1.807, 2.05) is 27.3 Å². The Hall–Kier alpha value is -2.89. The maximum absolute atomic E-state index is 12.7. The molecule has 4 rings (SSSR count). The van der Waals surface area contributed by atoms with Gasteiger partial charge < -0.3 is 4.90 Å². The Morgan fingerprint density at radius 3 is 2.57 bits per heavy atom. The van der Waals surface area contributed by atoms with Gasteiger partial charge >= 0.3 is 0 Å². The third kappa shape index (κ3) is 3.72. The predicted octanol–water partition coefficient (Wildman–Crippen LogP) is 3.03. The van der Waals surface area contributed by atoms with Gasteiger partial charge in [0.1, 0.15) is 0 Å². The Morgan fingerprint density at radius 1 is 1.07 bits per heavy atom. The number of nitrogens with zero attached hydrogens (tertiary/aromatic N) is 5. The molecule has 3 heterocycles. The minimum absolute atomic E-state index is 0.183. The normalized spacial score (nSPS) is 13.6. The second kappa shape index (κ2) is 7.62. The van der Waals surface area contributed by atoms with Crippen molar-refractivity contribution in [3.63, 3.8) is 0 Å². The molecular weight excluding hydrogens is 350 g/mol. The SMILES string of the molecule is Cc1nn(CCC(=O)N2CCn3nc(Cc4ccccc4)cc3C2)c(C)c1C. The summed E-state index contributed by atoms with van der Waals surface area (Å²) < 4.78 is 4.00. The molecule has 0 saturated heterocycles. The monoisotopic (exact) mass is 377 g/mol. The molecule has 0 bridgehead atoms. The Bertz CT molecular complexity index is 986. The molecule has 0 aliphatic carbocycles. The number of rotatable bonds is 5. The Morgan fingerprint density at radius 2 is 1.86 bits per heavy atom. The zero-order valence-corrected chi connectivity index (χ0v) is 16.9. The lowest BCUT2D eigenvalue weighted by atomic mass is 10.1. The second-order valence-electron chi connectivity index (χ2n) is 7.60. The van der Waals surface area contributed by atoms with Gasteiger partial charge in [-0.05, 0) is 38.0 Å². The summed E-state index contributed by atoms with van der Waals surface area (Å²) in [6, 6.07) is 12.5. The summed E-state index contributed by atoms with van der Waals surface area (Å²) in [6.07, 6.45) is 1.30. The third-order valence-corrected chi connectivity index (χ3v) is 5.71. The van der Waals surface area contributed by atoms with Gasteiger partial charge in [0.15, 0.2) is 0 Å². The van der Waals surface area contributed by atoms with Crippen molar-refractivity contribution in [3.8, 4) is 0 Å². The fraction of sp³-hybridized carbons (Fsp3) is 0.409. The number of carbonyl (C=O) groups is 1. The maximum Gasteiger partial charge on any atom is 0.224 e. The lowest BCUT2D eigenvalue weighted by Gasteiger charge is -2.27. The van der Waals surface area contributed by atoms with Crippen LogP contribution in [-0.4, -0.2) is 36.9 Å². The van der Waals surface area contributed by atoms with E-state index < -0.39 is 0 Å². The molecule has 1 aromatic carbocycles. The highest BCUT2D eigenvalue weighted by Gasteiger charge is 2.22. The van der Waals surface area contributed by atoms with E-state index >= 15 is 0 Å². The van der Waals surface area contributed by atoms with Gasteiger partial charge in [-0.2, -0.15) is 10.2 Å². The largest absolute Gasteiger partial charge is 0.335 e.